The van der Waals surface area contributed by atoms with E-state index in [4.69, 9.17) is 5.11 Å². The first-order chi connectivity index (χ1) is 6.81. The molecule has 0 amide bonds. The fourth-order valence-corrected chi connectivity index (χ4v) is 1.74. The third-order valence-electron chi connectivity index (χ3n) is 2.53. The fraction of sp³-hybridized carbons (Fsp3) is 0.556. The normalized spacial score (nSPS) is 21.5. The lowest BCUT2D eigenvalue weighted by Crippen LogP contribution is -2.28. The van der Waals surface area contributed by atoms with Crippen LogP contribution in [0.1, 0.15) is 6.42 Å². The molecule has 1 atom stereocenters. The maximum Gasteiger partial charge on any atom is 0.290 e. The van der Waals surface area contributed by atoms with Crippen LogP contribution in [0.5, 0.6) is 0 Å². The Kier molecular flexibility index (Phi) is 2.49. The molecule has 1 saturated heterocycles. The molecule has 1 aromatic rings. The van der Waals surface area contributed by atoms with E-state index < -0.39 is 0 Å². The van der Waals surface area contributed by atoms with Gasteiger partial charge in [-0.25, -0.2) is 4.98 Å². The number of H-pyrrole nitrogens is 1. The fourth-order valence-electron chi connectivity index (χ4n) is 1.74. The number of anilines is 1. The van der Waals surface area contributed by atoms with Crippen molar-refractivity contribution in [1.82, 2.24) is 9.97 Å². The Morgan fingerprint density at radius 3 is 3.21 bits per heavy atom. The molecular formula is C9H13N3O2. The summed E-state index contributed by atoms with van der Waals surface area (Å²) in [5, 5.41) is 8.97. The molecule has 5 heteroatoms. The Balaban J connectivity index is 2.18. The SMILES string of the molecule is O=c1[nH]ccnc1N1CC[C@H](CO)C1. The molecule has 0 spiro atoms. The first-order valence-electron chi connectivity index (χ1n) is 4.70. The number of rotatable bonds is 2. The minimum Gasteiger partial charge on any atom is -0.396 e. The molecule has 1 aliphatic heterocycles. The molecule has 14 heavy (non-hydrogen) atoms. The molecule has 76 valence electrons. The monoisotopic (exact) mass is 195 g/mol. The lowest BCUT2D eigenvalue weighted by Gasteiger charge is -2.15. The average Bonchev–Trinajstić information content (AvgIpc) is 2.67. The van der Waals surface area contributed by atoms with Gasteiger partial charge in [-0.3, -0.25) is 4.79 Å². The molecule has 2 N–H and O–H groups in total. The summed E-state index contributed by atoms with van der Waals surface area (Å²) >= 11 is 0. The van der Waals surface area contributed by atoms with Crippen molar-refractivity contribution in [3.05, 3.63) is 22.7 Å². The van der Waals surface area contributed by atoms with Crippen molar-refractivity contribution in [3.8, 4) is 0 Å². The van der Waals surface area contributed by atoms with Gasteiger partial charge < -0.3 is 15.0 Å². The number of nitrogens with zero attached hydrogens (tertiary/aromatic N) is 2. The Morgan fingerprint density at radius 1 is 1.71 bits per heavy atom. The first kappa shape index (κ1) is 9.21. The molecule has 1 aromatic heterocycles. The molecule has 0 aromatic carbocycles. The predicted octanol–water partition coefficient (Wildman–Crippen LogP) is -0.411. The highest BCUT2D eigenvalue weighted by atomic mass is 16.3. The molecule has 0 aliphatic carbocycles. The van der Waals surface area contributed by atoms with Crippen LogP contribution >= 0.6 is 0 Å². The number of aliphatic hydroxyl groups is 1. The van der Waals surface area contributed by atoms with Crippen LogP contribution in [0.15, 0.2) is 17.2 Å². The first-order valence-corrected chi connectivity index (χ1v) is 4.70. The van der Waals surface area contributed by atoms with Crippen molar-refractivity contribution >= 4 is 5.82 Å². The second kappa shape index (κ2) is 3.79. The minimum absolute atomic E-state index is 0.161. The molecule has 0 bridgehead atoms. The van der Waals surface area contributed by atoms with Crippen LogP contribution in [0.2, 0.25) is 0 Å². The van der Waals surface area contributed by atoms with Crippen LogP contribution < -0.4 is 10.5 Å². The Hall–Kier alpha value is -1.36. The van der Waals surface area contributed by atoms with E-state index in [-0.39, 0.29) is 18.1 Å². The second-order valence-corrected chi connectivity index (χ2v) is 3.53. The Bertz CT molecular complexity index is 363. The summed E-state index contributed by atoms with van der Waals surface area (Å²) in [6, 6.07) is 0. The van der Waals surface area contributed by atoms with Crippen molar-refractivity contribution in [2.75, 3.05) is 24.6 Å². The summed E-state index contributed by atoms with van der Waals surface area (Å²) in [7, 11) is 0. The molecule has 0 saturated carbocycles. The quantitative estimate of drug-likeness (QED) is 0.673. The number of hydrogen-bond acceptors (Lipinski definition) is 4. The van der Waals surface area contributed by atoms with E-state index in [0.29, 0.717) is 5.82 Å². The van der Waals surface area contributed by atoms with Crippen LogP contribution in [0.4, 0.5) is 5.82 Å². The average molecular weight is 195 g/mol. The maximum absolute atomic E-state index is 11.4. The summed E-state index contributed by atoms with van der Waals surface area (Å²) < 4.78 is 0. The molecule has 5 nitrogen and oxygen atoms in total. The highest BCUT2D eigenvalue weighted by molar-refractivity contribution is 5.36. The van der Waals surface area contributed by atoms with Gasteiger partial charge in [0.05, 0.1) is 0 Å². The third kappa shape index (κ3) is 1.63. The van der Waals surface area contributed by atoms with Crippen LogP contribution in [-0.2, 0) is 0 Å². The molecule has 1 aliphatic rings. The molecule has 1 fully saturated rings. The summed E-state index contributed by atoms with van der Waals surface area (Å²) in [6.45, 7) is 1.70. The van der Waals surface area contributed by atoms with Gasteiger partial charge in [-0.05, 0) is 6.42 Å². The summed E-state index contributed by atoms with van der Waals surface area (Å²) in [6.07, 6.45) is 4.01. The Morgan fingerprint density at radius 2 is 2.57 bits per heavy atom. The standard InChI is InChI=1S/C9H13N3O2/c13-6-7-1-4-12(5-7)8-9(14)11-3-2-10-8/h2-3,7,13H,1,4-6H2,(H,11,14)/t7-/m0/s1. The van der Waals surface area contributed by atoms with E-state index in [1.54, 1.807) is 6.20 Å². The molecular weight excluding hydrogens is 182 g/mol. The maximum atomic E-state index is 11.4. The number of aliphatic hydroxyl groups excluding tert-OH is 1. The van der Waals surface area contributed by atoms with Crippen LogP contribution in [0.3, 0.4) is 0 Å². The zero-order chi connectivity index (χ0) is 9.97. The number of hydrogen-bond donors (Lipinski definition) is 2. The highest BCUT2D eigenvalue weighted by Gasteiger charge is 2.24. The minimum atomic E-state index is -0.161. The van der Waals surface area contributed by atoms with Gasteiger partial charge in [0.2, 0.25) is 0 Å². The zero-order valence-electron chi connectivity index (χ0n) is 7.81. The summed E-state index contributed by atoms with van der Waals surface area (Å²) in [5.41, 5.74) is -0.161. The van der Waals surface area contributed by atoms with Gasteiger partial charge in [0.25, 0.3) is 5.56 Å². The van der Waals surface area contributed by atoms with Crippen molar-refractivity contribution in [2.24, 2.45) is 5.92 Å². The van der Waals surface area contributed by atoms with Gasteiger partial charge in [0.1, 0.15) is 0 Å². The van der Waals surface area contributed by atoms with Crippen molar-refractivity contribution < 1.29 is 5.11 Å². The number of aromatic amines is 1. The van der Waals surface area contributed by atoms with E-state index in [1.807, 2.05) is 4.90 Å². The van der Waals surface area contributed by atoms with Gasteiger partial charge in [0.15, 0.2) is 5.82 Å². The molecule has 0 unspecified atom stereocenters. The highest BCUT2D eigenvalue weighted by Crippen LogP contribution is 2.18. The molecule has 0 radical (unpaired) electrons. The topological polar surface area (TPSA) is 69.2 Å². The summed E-state index contributed by atoms with van der Waals surface area (Å²) in [4.78, 5) is 19.9. The van der Waals surface area contributed by atoms with E-state index >= 15 is 0 Å². The van der Waals surface area contributed by atoms with Crippen molar-refractivity contribution in [3.63, 3.8) is 0 Å². The van der Waals surface area contributed by atoms with E-state index in [9.17, 15) is 4.79 Å². The zero-order valence-corrected chi connectivity index (χ0v) is 7.81. The second-order valence-electron chi connectivity index (χ2n) is 3.53. The third-order valence-corrected chi connectivity index (χ3v) is 2.53. The van der Waals surface area contributed by atoms with Crippen LogP contribution in [-0.4, -0.2) is 34.8 Å². The lowest BCUT2D eigenvalue weighted by molar-refractivity contribution is 0.238. The van der Waals surface area contributed by atoms with Crippen LogP contribution in [0, 0.1) is 5.92 Å². The van der Waals surface area contributed by atoms with Gasteiger partial charge in [-0.15, -0.1) is 0 Å². The smallest absolute Gasteiger partial charge is 0.290 e. The van der Waals surface area contributed by atoms with Gasteiger partial charge in [-0.2, -0.15) is 0 Å². The molecule has 2 heterocycles. The largest absolute Gasteiger partial charge is 0.396 e. The van der Waals surface area contributed by atoms with Crippen molar-refractivity contribution in [2.45, 2.75) is 6.42 Å². The van der Waals surface area contributed by atoms with Gasteiger partial charge in [-0.1, -0.05) is 0 Å². The molecule has 2 rings (SSSR count). The van der Waals surface area contributed by atoms with E-state index in [0.717, 1.165) is 19.5 Å². The van der Waals surface area contributed by atoms with E-state index in [1.165, 1.54) is 6.20 Å². The van der Waals surface area contributed by atoms with Gasteiger partial charge in [0, 0.05) is 38.0 Å². The number of aromatic nitrogens is 2. The lowest BCUT2D eigenvalue weighted by atomic mass is 10.1. The van der Waals surface area contributed by atoms with E-state index in [2.05, 4.69) is 9.97 Å². The Labute approximate surface area is 81.4 Å². The number of nitrogens with one attached hydrogen (secondary N) is 1. The van der Waals surface area contributed by atoms with Crippen LogP contribution in [0.25, 0.3) is 0 Å². The predicted molar refractivity (Wildman–Crippen MR) is 52.3 cm³/mol. The van der Waals surface area contributed by atoms with Gasteiger partial charge >= 0.3 is 0 Å². The summed E-state index contributed by atoms with van der Waals surface area (Å²) in [5.74, 6) is 0.736. The van der Waals surface area contributed by atoms with Crippen molar-refractivity contribution in [1.29, 1.82) is 0 Å².